The summed E-state index contributed by atoms with van der Waals surface area (Å²) in [5.74, 6) is 0. The lowest BCUT2D eigenvalue weighted by atomic mass is 9.88. The van der Waals surface area contributed by atoms with Crippen molar-refractivity contribution in [3.8, 4) is 22.3 Å². The SMILES string of the molecule is [2H]c1c([2H])c([2H])c(-c2ccc(-c3ccc4ccc5cccc6ccc3c4c56)c3c2oc2ccccc23)c([2H])c1[2H]. The van der Waals surface area contributed by atoms with Crippen molar-refractivity contribution < 1.29 is 11.3 Å². The van der Waals surface area contributed by atoms with Crippen LogP contribution in [0.25, 0.3) is 76.5 Å². The molecule has 0 spiro atoms. The average Bonchev–Trinajstić information content (AvgIpc) is 3.38. The molecule has 162 valence electrons. The van der Waals surface area contributed by atoms with E-state index in [-0.39, 0.29) is 29.7 Å². The van der Waals surface area contributed by atoms with Crippen molar-refractivity contribution in [3.63, 3.8) is 0 Å². The maximum atomic E-state index is 8.61. The summed E-state index contributed by atoms with van der Waals surface area (Å²) in [6, 6.07) is 29.3. The normalized spacial score (nSPS) is 14.0. The lowest BCUT2D eigenvalue weighted by Crippen LogP contribution is -1.88. The van der Waals surface area contributed by atoms with E-state index < -0.39 is 6.04 Å². The molecule has 0 bridgehead atoms. The summed E-state index contributed by atoms with van der Waals surface area (Å²) in [7, 11) is 0. The van der Waals surface area contributed by atoms with Gasteiger partial charge >= 0.3 is 0 Å². The highest BCUT2D eigenvalue weighted by Crippen LogP contribution is 2.45. The van der Waals surface area contributed by atoms with Crippen molar-refractivity contribution >= 4 is 54.3 Å². The quantitative estimate of drug-likeness (QED) is 0.239. The highest BCUT2D eigenvalue weighted by molar-refractivity contribution is 6.27. The van der Waals surface area contributed by atoms with Crippen LogP contribution in [0.2, 0.25) is 0 Å². The zero-order valence-electron chi connectivity index (χ0n) is 23.6. The highest BCUT2D eigenvalue weighted by Gasteiger charge is 2.19. The zero-order chi connectivity index (χ0) is 27.3. The Kier molecular flexibility index (Phi) is 2.90. The van der Waals surface area contributed by atoms with Crippen LogP contribution >= 0.6 is 0 Å². The largest absolute Gasteiger partial charge is 0.455 e. The minimum atomic E-state index is -0.412. The molecule has 0 saturated carbocycles. The molecule has 0 unspecified atom stereocenters. The van der Waals surface area contributed by atoms with E-state index in [1.165, 1.54) is 26.9 Å². The Bertz CT molecular complexity index is 2290. The molecular weight excluding hydrogens is 424 g/mol. The molecule has 0 aliphatic heterocycles. The van der Waals surface area contributed by atoms with Gasteiger partial charge in [0.2, 0.25) is 0 Å². The van der Waals surface area contributed by atoms with Crippen molar-refractivity contribution in [2.75, 3.05) is 0 Å². The number of para-hydroxylation sites is 1. The van der Waals surface area contributed by atoms with Gasteiger partial charge in [-0.05, 0) is 61.1 Å². The number of furan rings is 1. The van der Waals surface area contributed by atoms with Crippen molar-refractivity contribution in [1.82, 2.24) is 0 Å². The van der Waals surface area contributed by atoms with Gasteiger partial charge in [-0.25, -0.2) is 0 Å². The molecule has 0 saturated heterocycles. The molecule has 8 aromatic rings. The maximum absolute atomic E-state index is 8.61. The summed E-state index contributed by atoms with van der Waals surface area (Å²) in [5.41, 5.74) is 3.81. The second-order valence-corrected chi connectivity index (χ2v) is 8.93. The summed E-state index contributed by atoms with van der Waals surface area (Å²) in [6.07, 6.45) is 0. The third-order valence-electron chi connectivity index (χ3n) is 7.11. The van der Waals surface area contributed by atoms with Gasteiger partial charge < -0.3 is 4.42 Å². The lowest BCUT2D eigenvalue weighted by Gasteiger charge is -2.15. The molecule has 0 amide bonds. The van der Waals surface area contributed by atoms with Gasteiger partial charge in [-0.2, -0.15) is 0 Å². The number of hydrogen-bond donors (Lipinski definition) is 0. The first kappa shape index (κ1) is 14.6. The smallest absolute Gasteiger partial charge is 0.143 e. The molecule has 1 heterocycles. The lowest BCUT2D eigenvalue weighted by molar-refractivity contribution is 0.670. The summed E-state index contributed by atoms with van der Waals surface area (Å²) in [5, 5.41) is 8.91. The molecule has 1 aromatic heterocycles. The van der Waals surface area contributed by atoms with Crippen molar-refractivity contribution in [2.24, 2.45) is 0 Å². The Labute approximate surface area is 209 Å². The van der Waals surface area contributed by atoms with Crippen LogP contribution in [0.3, 0.4) is 0 Å². The van der Waals surface area contributed by atoms with Crippen molar-refractivity contribution in [2.45, 2.75) is 0 Å². The van der Waals surface area contributed by atoms with E-state index in [0.29, 0.717) is 16.7 Å². The van der Waals surface area contributed by atoms with Crippen LogP contribution < -0.4 is 0 Å². The fourth-order valence-electron chi connectivity index (χ4n) is 5.60. The molecular formula is C34H20O. The third-order valence-corrected chi connectivity index (χ3v) is 7.11. The number of hydrogen-bond acceptors (Lipinski definition) is 1. The molecule has 0 fully saturated rings. The van der Waals surface area contributed by atoms with E-state index in [4.69, 9.17) is 11.3 Å². The Morgan fingerprint density at radius 1 is 0.486 bits per heavy atom. The predicted octanol–water partition coefficient (Wildman–Crippen LogP) is 9.82. The van der Waals surface area contributed by atoms with Crippen LogP contribution in [0.4, 0.5) is 0 Å². The Morgan fingerprint density at radius 2 is 1.17 bits per heavy atom. The first-order chi connectivity index (χ1) is 19.4. The first-order valence-electron chi connectivity index (χ1n) is 14.1. The van der Waals surface area contributed by atoms with E-state index in [1.54, 1.807) is 0 Å². The van der Waals surface area contributed by atoms with Gasteiger partial charge in [0.05, 0.1) is 6.85 Å². The van der Waals surface area contributed by atoms with Crippen LogP contribution in [0.15, 0.2) is 126 Å². The van der Waals surface area contributed by atoms with Crippen LogP contribution in [-0.2, 0) is 0 Å². The van der Waals surface area contributed by atoms with Gasteiger partial charge in [-0.15, -0.1) is 0 Å². The van der Waals surface area contributed by atoms with E-state index in [2.05, 4.69) is 54.6 Å². The van der Waals surface area contributed by atoms with Gasteiger partial charge in [0.15, 0.2) is 0 Å². The molecule has 1 nitrogen and oxygen atoms in total. The van der Waals surface area contributed by atoms with E-state index in [9.17, 15) is 0 Å². The molecule has 0 aliphatic rings. The molecule has 0 aliphatic carbocycles. The molecule has 0 N–H and O–H groups in total. The maximum Gasteiger partial charge on any atom is 0.143 e. The Morgan fingerprint density at radius 3 is 2.03 bits per heavy atom. The monoisotopic (exact) mass is 449 g/mol. The first-order valence-corrected chi connectivity index (χ1v) is 11.6. The van der Waals surface area contributed by atoms with Gasteiger partial charge in [0, 0.05) is 16.3 Å². The van der Waals surface area contributed by atoms with Gasteiger partial charge in [-0.1, -0.05) is 109 Å². The average molecular weight is 450 g/mol. The van der Waals surface area contributed by atoms with E-state index in [1.807, 2.05) is 36.4 Å². The summed E-state index contributed by atoms with van der Waals surface area (Å²) in [4.78, 5) is 0. The molecule has 35 heavy (non-hydrogen) atoms. The fraction of sp³-hybridized carbons (Fsp3) is 0. The zero-order valence-corrected chi connectivity index (χ0v) is 18.6. The Hall–Kier alpha value is -4.62. The molecule has 0 atom stereocenters. The molecule has 0 radical (unpaired) electrons. The van der Waals surface area contributed by atoms with Crippen LogP contribution in [0.5, 0.6) is 0 Å². The second kappa shape index (κ2) is 6.94. The summed E-state index contributed by atoms with van der Waals surface area (Å²) in [6.45, 7) is 0. The van der Waals surface area contributed by atoms with E-state index >= 15 is 0 Å². The standard InChI is InChI=1S/C34H20O/c1-2-7-21(8-3-1)25-19-20-28(33-29-11-4-5-12-30(29)35-34(25)33)26-17-15-24-14-13-22-9-6-10-23-16-18-27(26)32(24)31(22)23/h1-20H/i1D,2D,3D,7D,8D. The van der Waals surface area contributed by atoms with Crippen LogP contribution in [0.1, 0.15) is 6.85 Å². The van der Waals surface area contributed by atoms with Crippen LogP contribution in [-0.4, -0.2) is 0 Å². The molecule has 7 aromatic carbocycles. The fourth-order valence-corrected chi connectivity index (χ4v) is 5.60. The third kappa shape index (κ3) is 2.58. The highest BCUT2D eigenvalue weighted by atomic mass is 16.3. The molecule has 1 heteroatoms. The number of fused-ring (bicyclic) bond motifs is 3. The number of benzene rings is 7. The van der Waals surface area contributed by atoms with Gasteiger partial charge in [0.25, 0.3) is 0 Å². The summed E-state index contributed by atoms with van der Waals surface area (Å²) < 4.78 is 48.1. The topological polar surface area (TPSA) is 13.1 Å². The predicted molar refractivity (Wildman–Crippen MR) is 148 cm³/mol. The van der Waals surface area contributed by atoms with Crippen LogP contribution in [0, 0.1) is 0 Å². The van der Waals surface area contributed by atoms with Crippen molar-refractivity contribution in [3.05, 3.63) is 121 Å². The van der Waals surface area contributed by atoms with Gasteiger partial charge in [0.1, 0.15) is 11.2 Å². The van der Waals surface area contributed by atoms with Gasteiger partial charge in [-0.3, -0.25) is 0 Å². The van der Waals surface area contributed by atoms with Crippen molar-refractivity contribution in [1.29, 1.82) is 0 Å². The second-order valence-electron chi connectivity index (χ2n) is 8.93. The van der Waals surface area contributed by atoms with E-state index in [0.717, 1.165) is 27.3 Å². The number of rotatable bonds is 2. The summed E-state index contributed by atoms with van der Waals surface area (Å²) >= 11 is 0. The Balaban J connectivity index is 1.52. The minimum Gasteiger partial charge on any atom is -0.455 e. The minimum absolute atomic E-state index is 0.136. The molecule has 8 rings (SSSR count).